The lowest BCUT2D eigenvalue weighted by atomic mass is 10.4. The van der Waals surface area contributed by atoms with E-state index in [9.17, 15) is 4.79 Å². The number of aromatic nitrogens is 2. The number of nitrogens with zero attached hydrogens (tertiary/aromatic N) is 1. The molecule has 78 valence electrons. The third-order valence-corrected chi connectivity index (χ3v) is 1.82. The number of rotatable bonds is 4. The second kappa shape index (κ2) is 4.97. The average Bonchev–Trinajstić information content (AvgIpc) is 2.12. The minimum atomic E-state index is -0.353. The van der Waals surface area contributed by atoms with Crippen LogP contribution in [0.1, 0.15) is 6.92 Å². The highest BCUT2D eigenvalue weighted by atomic mass is 35.5. The van der Waals surface area contributed by atoms with Gasteiger partial charge in [-0.25, -0.2) is 4.98 Å². The first-order chi connectivity index (χ1) is 6.63. The Morgan fingerprint density at radius 2 is 2.50 bits per heavy atom. The lowest BCUT2D eigenvalue weighted by Crippen LogP contribution is -2.24. The fourth-order valence-corrected chi connectivity index (χ4v) is 1.07. The maximum atomic E-state index is 11.1. The van der Waals surface area contributed by atoms with Crippen LogP contribution in [-0.4, -0.2) is 29.7 Å². The minimum Gasteiger partial charge on any atom is -0.383 e. The van der Waals surface area contributed by atoms with Crippen LogP contribution in [0.25, 0.3) is 0 Å². The molecule has 0 bridgehead atoms. The molecule has 1 aromatic rings. The molecule has 0 amide bonds. The first-order valence-electron chi connectivity index (χ1n) is 4.13. The van der Waals surface area contributed by atoms with E-state index in [2.05, 4.69) is 15.3 Å². The van der Waals surface area contributed by atoms with Crippen molar-refractivity contribution in [3.05, 3.63) is 21.6 Å². The van der Waals surface area contributed by atoms with Gasteiger partial charge in [0.2, 0.25) is 5.95 Å². The Morgan fingerprint density at radius 3 is 3.07 bits per heavy atom. The molecule has 0 aliphatic rings. The average molecular weight is 218 g/mol. The molecular weight excluding hydrogens is 206 g/mol. The van der Waals surface area contributed by atoms with Gasteiger partial charge in [-0.1, -0.05) is 11.6 Å². The van der Waals surface area contributed by atoms with E-state index in [1.165, 1.54) is 6.20 Å². The Morgan fingerprint density at radius 1 is 1.79 bits per heavy atom. The molecule has 5 nitrogen and oxygen atoms in total. The Bertz CT molecular complexity index is 353. The smallest absolute Gasteiger partial charge is 0.271 e. The predicted octanol–water partition coefficient (Wildman–Crippen LogP) is 0.870. The second-order valence-corrected chi connectivity index (χ2v) is 3.32. The molecule has 1 rings (SSSR count). The first-order valence-corrected chi connectivity index (χ1v) is 4.51. The molecule has 2 N–H and O–H groups in total. The Labute approximate surface area is 86.5 Å². The fraction of sp³-hybridized carbons (Fsp3) is 0.500. The van der Waals surface area contributed by atoms with Crippen LogP contribution >= 0.6 is 11.6 Å². The van der Waals surface area contributed by atoms with Gasteiger partial charge in [0.15, 0.2) is 0 Å². The number of hydrogen-bond acceptors (Lipinski definition) is 4. The molecule has 1 aromatic heterocycles. The van der Waals surface area contributed by atoms with Gasteiger partial charge in [0.25, 0.3) is 5.56 Å². The molecule has 6 heteroatoms. The summed E-state index contributed by atoms with van der Waals surface area (Å²) < 4.78 is 4.92. The van der Waals surface area contributed by atoms with Crippen LogP contribution in [0.5, 0.6) is 0 Å². The summed E-state index contributed by atoms with van der Waals surface area (Å²) in [5, 5.41) is 3.04. The van der Waals surface area contributed by atoms with Gasteiger partial charge >= 0.3 is 0 Å². The molecule has 14 heavy (non-hydrogen) atoms. The normalized spacial score (nSPS) is 12.5. The quantitative estimate of drug-likeness (QED) is 0.786. The van der Waals surface area contributed by atoms with E-state index in [0.717, 1.165) is 0 Å². The maximum absolute atomic E-state index is 11.1. The summed E-state index contributed by atoms with van der Waals surface area (Å²) in [5.74, 6) is 0.393. The molecular formula is C8H12ClN3O2. The van der Waals surface area contributed by atoms with Gasteiger partial charge in [-0.2, -0.15) is 0 Å². The van der Waals surface area contributed by atoms with Crippen molar-refractivity contribution < 1.29 is 4.74 Å². The summed E-state index contributed by atoms with van der Waals surface area (Å²) in [6.07, 6.45) is 1.31. The van der Waals surface area contributed by atoms with Gasteiger partial charge in [0.05, 0.1) is 12.8 Å². The van der Waals surface area contributed by atoms with Gasteiger partial charge < -0.3 is 10.1 Å². The fourth-order valence-electron chi connectivity index (χ4n) is 0.978. The number of hydrogen-bond donors (Lipinski definition) is 2. The molecule has 0 saturated carbocycles. The summed E-state index contributed by atoms with van der Waals surface area (Å²) in [4.78, 5) is 17.5. The van der Waals surface area contributed by atoms with Crippen LogP contribution in [0.3, 0.4) is 0 Å². The number of aromatic amines is 1. The van der Waals surface area contributed by atoms with Crippen LogP contribution in [0.2, 0.25) is 5.02 Å². The van der Waals surface area contributed by atoms with E-state index in [0.29, 0.717) is 12.6 Å². The molecule has 0 radical (unpaired) electrons. The van der Waals surface area contributed by atoms with Crippen LogP contribution in [-0.2, 0) is 4.74 Å². The zero-order valence-corrected chi connectivity index (χ0v) is 8.76. The molecule has 0 aliphatic carbocycles. The number of ether oxygens (including phenoxy) is 1. The SMILES string of the molecule is COC[C@@H](C)Nc1ncc(Cl)c(=O)[nH]1. The van der Waals surface area contributed by atoms with E-state index in [4.69, 9.17) is 16.3 Å². The predicted molar refractivity (Wildman–Crippen MR) is 54.8 cm³/mol. The minimum absolute atomic E-state index is 0.0734. The van der Waals surface area contributed by atoms with Gasteiger partial charge in [0.1, 0.15) is 5.02 Å². The van der Waals surface area contributed by atoms with E-state index in [1.54, 1.807) is 7.11 Å². The highest BCUT2D eigenvalue weighted by Crippen LogP contribution is 2.01. The maximum Gasteiger partial charge on any atom is 0.271 e. The van der Waals surface area contributed by atoms with E-state index < -0.39 is 0 Å². The van der Waals surface area contributed by atoms with Gasteiger partial charge in [0, 0.05) is 13.2 Å². The molecule has 1 heterocycles. The zero-order valence-electron chi connectivity index (χ0n) is 8.00. The highest BCUT2D eigenvalue weighted by molar-refractivity contribution is 6.30. The monoisotopic (exact) mass is 217 g/mol. The summed E-state index contributed by atoms with van der Waals surface area (Å²) in [6.45, 7) is 2.45. The standard InChI is InChI=1S/C8H12ClN3O2/c1-5(4-14-2)11-8-10-3-6(9)7(13)12-8/h3,5H,4H2,1-2H3,(H2,10,11,12,13)/t5-/m1/s1. The summed E-state index contributed by atoms with van der Waals surface area (Å²) >= 11 is 5.52. The van der Waals surface area contributed by atoms with E-state index in [-0.39, 0.29) is 16.6 Å². The van der Waals surface area contributed by atoms with Crippen molar-refractivity contribution in [2.24, 2.45) is 0 Å². The van der Waals surface area contributed by atoms with Crippen LogP contribution in [0, 0.1) is 0 Å². The van der Waals surface area contributed by atoms with E-state index >= 15 is 0 Å². The van der Waals surface area contributed by atoms with Crippen molar-refractivity contribution in [3.8, 4) is 0 Å². The molecule has 1 atom stereocenters. The van der Waals surface area contributed by atoms with Gasteiger partial charge in [-0.3, -0.25) is 9.78 Å². The summed E-state index contributed by atoms with van der Waals surface area (Å²) in [7, 11) is 1.61. The summed E-state index contributed by atoms with van der Waals surface area (Å²) in [6, 6.07) is 0.0734. The third-order valence-electron chi connectivity index (χ3n) is 1.56. The van der Waals surface area contributed by atoms with Crippen LogP contribution < -0.4 is 10.9 Å². The number of methoxy groups -OCH3 is 1. The molecule has 0 unspecified atom stereocenters. The lowest BCUT2D eigenvalue weighted by Gasteiger charge is -2.12. The first kappa shape index (κ1) is 11.0. The molecule has 0 saturated heterocycles. The largest absolute Gasteiger partial charge is 0.383 e. The van der Waals surface area contributed by atoms with Crippen LogP contribution in [0.15, 0.2) is 11.0 Å². The van der Waals surface area contributed by atoms with Gasteiger partial charge in [-0.15, -0.1) is 0 Å². The van der Waals surface area contributed by atoms with Crippen LogP contribution in [0.4, 0.5) is 5.95 Å². The second-order valence-electron chi connectivity index (χ2n) is 2.91. The Kier molecular flexibility index (Phi) is 3.91. The highest BCUT2D eigenvalue weighted by Gasteiger charge is 2.03. The zero-order chi connectivity index (χ0) is 10.6. The van der Waals surface area contributed by atoms with Crippen molar-refractivity contribution in [3.63, 3.8) is 0 Å². The number of H-pyrrole nitrogens is 1. The lowest BCUT2D eigenvalue weighted by molar-refractivity contribution is 0.190. The van der Waals surface area contributed by atoms with Gasteiger partial charge in [-0.05, 0) is 6.92 Å². The molecule has 0 aromatic carbocycles. The number of nitrogens with one attached hydrogen (secondary N) is 2. The Balaban J connectivity index is 2.68. The van der Waals surface area contributed by atoms with E-state index in [1.807, 2.05) is 6.92 Å². The topological polar surface area (TPSA) is 67.0 Å². The third kappa shape index (κ3) is 3.01. The van der Waals surface area contributed by atoms with Crippen molar-refractivity contribution in [2.75, 3.05) is 19.0 Å². The summed E-state index contributed by atoms with van der Waals surface area (Å²) in [5.41, 5.74) is -0.353. The van der Waals surface area contributed by atoms with Crippen molar-refractivity contribution in [2.45, 2.75) is 13.0 Å². The van der Waals surface area contributed by atoms with Crippen molar-refractivity contribution in [1.29, 1.82) is 0 Å². The van der Waals surface area contributed by atoms with Crippen molar-refractivity contribution in [1.82, 2.24) is 9.97 Å². The Hall–Kier alpha value is -1.07. The molecule has 0 fully saturated rings. The number of anilines is 1. The van der Waals surface area contributed by atoms with Crippen molar-refractivity contribution >= 4 is 17.5 Å². The molecule has 0 spiro atoms. The number of halogens is 1. The molecule has 0 aliphatic heterocycles.